The average Bonchev–Trinajstić information content (AvgIpc) is 2.61. The Morgan fingerprint density at radius 3 is 2.64 bits per heavy atom. The lowest BCUT2D eigenvalue weighted by atomic mass is 10.1. The van der Waals surface area contributed by atoms with Crippen molar-refractivity contribution in [2.24, 2.45) is 0 Å². The number of nitriles is 1. The number of nitro groups is 1. The second-order valence-electron chi connectivity index (χ2n) is 4.93. The molecule has 0 atom stereocenters. The molecule has 7 nitrogen and oxygen atoms in total. The van der Waals surface area contributed by atoms with E-state index in [0.717, 1.165) is 0 Å². The average molecular weight is 337 g/mol. The number of nitrogens with zero attached hydrogens (tertiary/aromatic N) is 2. The van der Waals surface area contributed by atoms with Crippen LogP contribution in [0.3, 0.4) is 0 Å². The Labute approximate surface area is 144 Å². The number of anilines is 1. The van der Waals surface area contributed by atoms with Gasteiger partial charge in [-0.2, -0.15) is 5.26 Å². The lowest BCUT2D eigenvalue weighted by Gasteiger charge is -2.05. The van der Waals surface area contributed by atoms with E-state index >= 15 is 0 Å². The minimum Gasteiger partial charge on any atom is -0.494 e. The number of ether oxygens (including phenoxy) is 1. The quantitative estimate of drug-likeness (QED) is 0.375. The van der Waals surface area contributed by atoms with Crippen LogP contribution in [0.5, 0.6) is 5.75 Å². The number of nitro benzene ring substituents is 1. The van der Waals surface area contributed by atoms with Gasteiger partial charge in [-0.3, -0.25) is 14.9 Å². The van der Waals surface area contributed by atoms with Crippen LogP contribution in [-0.2, 0) is 4.79 Å². The molecule has 0 aromatic heterocycles. The molecule has 0 saturated heterocycles. The van der Waals surface area contributed by atoms with Gasteiger partial charge in [-0.25, -0.2) is 0 Å². The number of carbonyl (C=O) groups excluding carboxylic acids is 1. The fourth-order valence-corrected chi connectivity index (χ4v) is 2.04. The molecule has 0 bridgehead atoms. The highest BCUT2D eigenvalue weighted by Crippen LogP contribution is 2.19. The topological polar surface area (TPSA) is 105 Å². The Morgan fingerprint density at radius 1 is 1.32 bits per heavy atom. The molecule has 2 aromatic carbocycles. The third kappa shape index (κ3) is 4.91. The Bertz CT molecular complexity index is 851. The SMILES string of the molecule is CCOc1ccc(/C=C(\C#N)C(=O)Nc2cccc([N+](=O)[O-])c2)cc1. The smallest absolute Gasteiger partial charge is 0.271 e. The molecular formula is C18H15N3O4. The first-order chi connectivity index (χ1) is 12.0. The molecule has 1 amide bonds. The predicted octanol–water partition coefficient (Wildman–Crippen LogP) is 3.54. The molecule has 0 saturated carbocycles. The molecule has 7 heteroatoms. The van der Waals surface area contributed by atoms with Crippen LogP contribution in [0.2, 0.25) is 0 Å². The number of non-ortho nitro benzene ring substituents is 1. The van der Waals surface area contributed by atoms with Crippen LogP contribution < -0.4 is 10.1 Å². The van der Waals surface area contributed by atoms with E-state index in [1.165, 1.54) is 30.3 Å². The van der Waals surface area contributed by atoms with Gasteiger partial charge in [0.15, 0.2) is 0 Å². The van der Waals surface area contributed by atoms with E-state index in [-0.39, 0.29) is 16.9 Å². The van der Waals surface area contributed by atoms with Crippen molar-refractivity contribution < 1.29 is 14.5 Å². The summed E-state index contributed by atoms with van der Waals surface area (Å²) in [5.41, 5.74) is 0.642. The van der Waals surface area contributed by atoms with E-state index in [1.54, 1.807) is 24.3 Å². The van der Waals surface area contributed by atoms with Gasteiger partial charge < -0.3 is 10.1 Å². The Balaban J connectivity index is 2.16. The zero-order valence-electron chi connectivity index (χ0n) is 13.4. The summed E-state index contributed by atoms with van der Waals surface area (Å²) in [6.07, 6.45) is 1.43. The molecule has 0 aliphatic rings. The van der Waals surface area contributed by atoms with Crippen molar-refractivity contribution in [2.75, 3.05) is 11.9 Å². The number of nitrogens with one attached hydrogen (secondary N) is 1. The fraction of sp³-hybridized carbons (Fsp3) is 0.111. The van der Waals surface area contributed by atoms with Crippen molar-refractivity contribution >= 4 is 23.4 Å². The van der Waals surface area contributed by atoms with Crippen molar-refractivity contribution in [1.29, 1.82) is 5.26 Å². The van der Waals surface area contributed by atoms with Crippen LogP contribution >= 0.6 is 0 Å². The van der Waals surface area contributed by atoms with Gasteiger partial charge >= 0.3 is 0 Å². The maximum Gasteiger partial charge on any atom is 0.271 e. The highest BCUT2D eigenvalue weighted by molar-refractivity contribution is 6.09. The van der Waals surface area contributed by atoms with Crippen molar-refractivity contribution in [3.8, 4) is 11.8 Å². The summed E-state index contributed by atoms with van der Waals surface area (Å²) >= 11 is 0. The van der Waals surface area contributed by atoms with E-state index in [4.69, 9.17) is 4.74 Å². The number of benzene rings is 2. The van der Waals surface area contributed by atoms with Gasteiger partial charge in [0.1, 0.15) is 17.4 Å². The van der Waals surface area contributed by atoms with E-state index in [1.807, 2.05) is 13.0 Å². The zero-order valence-corrected chi connectivity index (χ0v) is 13.4. The predicted molar refractivity (Wildman–Crippen MR) is 92.9 cm³/mol. The summed E-state index contributed by atoms with van der Waals surface area (Å²) in [6.45, 7) is 2.42. The number of hydrogen-bond donors (Lipinski definition) is 1. The maximum atomic E-state index is 12.2. The van der Waals surface area contributed by atoms with Crippen LogP contribution in [0.15, 0.2) is 54.1 Å². The number of carbonyl (C=O) groups is 1. The third-order valence-corrected chi connectivity index (χ3v) is 3.18. The number of amides is 1. The molecular weight excluding hydrogens is 322 g/mol. The van der Waals surface area contributed by atoms with E-state index < -0.39 is 10.8 Å². The van der Waals surface area contributed by atoms with Crippen LogP contribution in [0.4, 0.5) is 11.4 Å². The first-order valence-corrected chi connectivity index (χ1v) is 7.44. The fourth-order valence-electron chi connectivity index (χ4n) is 2.04. The molecule has 126 valence electrons. The van der Waals surface area contributed by atoms with E-state index in [9.17, 15) is 20.2 Å². The van der Waals surface area contributed by atoms with Crippen molar-refractivity contribution in [3.05, 3.63) is 69.8 Å². The van der Waals surface area contributed by atoms with Gasteiger partial charge in [-0.05, 0) is 36.8 Å². The molecule has 0 spiro atoms. The largest absolute Gasteiger partial charge is 0.494 e. The standard InChI is InChI=1S/C18H15N3O4/c1-2-25-17-8-6-13(7-9-17)10-14(12-19)18(22)20-15-4-3-5-16(11-15)21(23)24/h3-11H,2H2,1H3,(H,20,22)/b14-10+. The Hall–Kier alpha value is -3.66. The van der Waals surface area contributed by atoms with Crippen molar-refractivity contribution in [2.45, 2.75) is 6.92 Å². The zero-order chi connectivity index (χ0) is 18.2. The normalized spacial score (nSPS) is 10.6. The summed E-state index contributed by atoms with van der Waals surface area (Å²) in [5.74, 6) is 0.0519. The molecule has 1 N–H and O–H groups in total. The second kappa shape index (κ2) is 8.26. The summed E-state index contributed by atoms with van der Waals surface area (Å²) in [5, 5.41) is 22.4. The number of hydrogen-bond acceptors (Lipinski definition) is 5. The highest BCUT2D eigenvalue weighted by atomic mass is 16.6. The maximum absolute atomic E-state index is 12.2. The molecule has 25 heavy (non-hydrogen) atoms. The summed E-state index contributed by atoms with van der Waals surface area (Å²) < 4.78 is 5.33. The van der Waals surface area contributed by atoms with Gasteiger partial charge in [0, 0.05) is 17.8 Å². The minimum atomic E-state index is -0.642. The lowest BCUT2D eigenvalue weighted by molar-refractivity contribution is -0.384. The number of rotatable bonds is 6. The van der Waals surface area contributed by atoms with Crippen LogP contribution in [-0.4, -0.2) is 17.4 Å². The minimum absolute atomic E-state index is 0.115. The summed E-state index contributed by atoms with van der Waals surface area (Å²) in [6, 6.07) is 14.3. The lowest BCUT2D eigenvalue weighted by Crippen LogP contribution is -2.13. The molecule has 0 aliphatic heterocycles. The second-order valence-corrected chi connectivity index (χ2v) is 4.93. The van der Waals surface area contributed by atoms with E-state index in [0.29, 0.717) is 17.9 Å². The van der Waals surface area contributed by atoms with Gasteiger partial charge in [-0.15, -0.1) is 0 Å². The first-order valence-electron chi connectivity index (χ1n) is 7.44. The van der Waals surface area contributed by atoms with Gasteiger partial charge in [0.25, 0.3) is 11.6 Å². The van der Waals surface area contributed by atoms with Crippen molar-refractivity contribution in [3.63, 3.8) is 0 Å². The Kier molecular flexibility index (Phi) is 5.85. The molecule has 2 rings (SSSR count). The highest BCUT2D eigenvalue weighted by Gasteiger charge is 2.12. The van der Waals surface area contributed by atoms with Crippen LogP contribution in [0, 0.1) is 21.4 Å². The molecule has 0 radical (unpaired) electrons. The molecule has 0 aliphatic carbocycles. The van der Waals surface area contributed by atoms with Crippen LogP contribution in [0.25, 0.3) is 6.08 Å². The molecule has 0 heterocycles. The third-order valence-electron chi connectivity index (χ3n) is 3.18. The molecule has 0 fully saturated rings. The first kappa shape index (κ1) is 17.7. The van der Waals surface area contributed by atoms with E-state index in [2.05, 4.69) is 5.32 Å². The van der Waals surface area contributed by atoms with Gasteiger partial charge in [-0.1, -0.05) is 18.2 Å². The van der Waals surface area contributed by atoms with Gasteiger partial charge in [0.05, 0.1) is 11.5 Å². The van der Waals surface area contributed by atoms with Crippen LogP contribution in [0.1, 0.15) is 12.5 Å². The summed E-state index contributed by atoms with van der Waals surface area (Å²) in [4.78, 5) is 22.4. The molecule has 2 aromatic rings. The monoisotopic (exact) mass is 337 g/mol. The Morgan fingerprint density at radius 2 is 2.04 bits per heavy atom. The van der Waals surface area contributed by atoms with Crippen molar-refractivity contribution in [1.82, 2.24) is 0 Å². The molecule has 0 unspecified atom stereocenters. The van der Waals surface area contributed by atoms with Gasteiger partial charge in [0.2, 0.25) is 0 Å². The summed E-state index contributed by atoms with van der Waals surface area (Å²) in [7, 11) is 0.